The largest absolute Gasteiger partial charge is 0.449 e. The molecule has 0 bridgehead atoms. The van der Waals surface area contributed by atoms with Gasteiger partial charge in [0.05, 0.1) is 17.2 Å². The summed E-state index contributed by atoms with van der Waals surface area (Å²) in [5.41, 5.74) is 11.2. The summed E-state index contributed by atoms with van der Waals surface area (Å²) in [6.45, 7) is 7.34. The number of aromatic nitrogens is 1. The quantitative estimate of drug-likeness (QED) is 0.503. The minimum absolute atomic E-state index is 0.0166. The lowest BCUT2D eigenvalue weighted by Crippen LogP contribution is -2.31. The molecule has 32 heavy (non-hydrogen) atoms. The van der Waals surface area contributed by atoms with Crippen LogP contribution >= 0.6 is 0 Å². The van der Waals surface area contributed by atoms with E-state index in [1.54, 1.807) is 31.2 Å². The molecule has 3 rings (SSSR count). The first-order valence-electron chi connectivity index (χ1n) is 10.0. The molecule has 0 unspecified atom stereocenters. The first-order valence-corrected chi connectivity index (χ1v) is 11.5. The number of aryl methyl sites for hydroxylation is 3. The molecule has 0 fully saturated rings. The smallest absolute Gasteiger partial charge is 0.421 e. The van der Waals surface area contributed by atoms with Gasteiger partial charge in [-0.15, -0.1) is 0 Å². The number of nitrogens with zero attached hydrogens (tertiary/aromatic N) is 1. The van der Waals surface area contributed by atoms with E-state index in [1.807, 2.05) is 43.7 Å². The minimum Gasteiger partial charge on any atom is -0.449 e. The van der Waals surface area contributed by atoms with Crippen LogP contribution in [0.3, 0.4) is 0 Å². The highest BCUT2D eigenvalue weighted by Crippen LogP contribution is 2.31. The van der Waals surface area contributed by atoms with E-state index in [0.717, 1.165) is 22.5 Å². The summed E-state index contributed by atoms with van der Waals surface area (Å²) >= 11 is 0. The van der Waals surface area contributed by atoms with Crippen molar-refractivity contribution in [1.29, 1.82) is 0 Å². The van der Waals surface area contributed by atoms with Gasteiger partial charge in [0.25, 0.3) is 10.0 Å². The lowest BCUT2D eigenvalue weighted by molar-refractivity contribution is 0.158. The predicted octanol–water partition coefficient (Wildman–Crippen LogP) is 4.43. The van der Waals surface area contributed by atoms with Crippen LogP contribution < -0.4 is 15.8 Å². The van der Waals surface area contributed by atoms with E-state index in [-0.39, 0.29) is 11.5 Å². The van der Waals surface area contributed by atoms with Crippen LogP contribution in [-0.4, -0.2) is 26.1 Å². The molecule has 3 aromatic rings. The van der Waals surface area contributed by atoms with Crippen LogP contribution in [-0.2, 0) is 14.8 Å². The van der Waals surface area contributed by atoms with Crippen molar-refractivity contribution in [3.05, 3.63) is 65.4 Å². The van der Waals surface area contributed by atoms with Crippen molar-refractivity contribution < 1.29 is 17.9 Å². The molecule has 0 saturated heterocycles. The first kappa shape index (κ1) is 23.1. The molecule has 1 aromatic heterocycles. The number of nitrogens with two attached hydrogens (primary N) is 1. The SMILES string of the molecule is CCOC(=O)NS(=O)(=O)c1ccc(C)cc1-c1ccc(Nc2nc(C)cc(C)c2N)cc1. The van der Waals surface area contributed by atoms with Crippen LogP contribution in [0.15, 0.2) is 53.4 Å². The van der Waals surface area contributed by atoms with E-state index in [0.29, 0.717) is 22.6 Å². The van der Waals surface area contributed by atoms with Gasteiger partial charge in [-0.1, -0.05) is 29.8 Å². The normalized spacial score (nSPS) is 11.1. The fourth-order valence-corrected chi connectivity index (χ4v) is 4.34. The van der Waals surface area contributed by atoms with Crippen molar-refractivity contribution in [3.63, 3.8) is 0 Å². The number of hydrogen-bond donors (Lipinski definition) is 3. The molecule has 0 atom stereocenters. The van der Waals surface area contributed by atoms with Crippen molar-refractivity contribution >= 4 is 33.3 Å². The van der Waals surface area contributed by atoms with Crippen LogP contribution in [0.5, 0.6) is 0 Å². The summed E-state index contributed by atoms with van der Waals surface area (Å²) in [4.78, 5) is 16.1. The Morgan fingerprint density at radius 2 is 1.75 bits per heavy atom. The third kappa shape index (κ3) is 5.17. The topological polar surface area (TPSA) is 123 Å². The Balaban J connectivity index is 1.94. The number of hydrogen-bond acceptors (Lipinski definition) is 7. The summed E-state index contributed by atoms with van der Waals surface area (Å²) in [6.07, 6.45) is -1.02. The fraction of sp³-hybridized carbons (Fsp3) is 0.217. The Bertz CT molecular complexity index is 1260. The summed E-state index contributed by atoms with van der Waals surface area (Å²) in [5, 5.41) is 3.20. The van der Waals surface area contributed by atoms with Crippen molar-refractivity contribution in [3.8, 4) is 11.1 Å². The number of benzene rings is 2. The monoisotopic (exact) mass is 454 g/mol. The van der Waals surface area contributed by atoms with E-state index in [4.69, 9.17) is 10.5 Å². The molecular formula is C23H26N4O4S. The van der Waals surface area contributed by atoms with Gasteiger partial charge in [-0.05, 0) is 63.1 Å². The number of carbonyl (C=O) groups is 1. The van der Waals surface area contributed by atoms with Gasteiger partial charge in [-0.25, -0.2) is 22.9 Å². The maximum absolute atomic E-state index is 12.8. The van der Waals surface area contributed by atoms with Crippen molar-refractivity contribution in [2.75, 3.05) is 17.7 Å². The lowest BCUT2D eigenvalue weighted by atomic mass is 10.0. The van der Waals surface area contributed by atoms with Crippen molar-refractivity contribution in [2.24, 2.45) is 0 Å². The van der Waals surface area contributed by atoms with E-state index in [1.165, 1.54) is 6.07 Å². The zero-order valence-corrected chi connectivity index (χ0v) is 19.2. The molecule has 0 radical (unpaired) electrons. The molecule has 0 aliphatic rings. The molecule has 4 N–H and O–H groups in total. The van der Waals surface area contributed by atoms with Gasteiger partial charge in [-0.2, -0.15) is 0 Å². The van der Waals surface area contributed by atoms with Gasteiger partial charge in [0.1, 0.15) is 0 Å². The maximum atomic E-state index is 12.8. The molecule has 168 valence electrons. The Morgan fingerprint density at radius 3 is 2.41 bits per heavy atom. The molecule has 0 aliphatic heterocycles. The summed E-state index contributed by atoms with van der Waals surface area (Å²) in [5.74, 6) is 0.563. The van der Waals surface area contributed by atoms with Gasteiger partial charge >= 0.3 is 6.09 Å². The number of carbonyl (C=O) groups excluding carboxylic acids is 1. The average molecular weight is 455 g/mol. The molecule has 1 amide bonds. The Morgan fingerprint density at radius 1 is 1.06 bits per heavy atom. The fourth-order valence-electron chi connectivity index (χ4n) is 3.24. The first-order chi connectivity index (χ1) is 15.1. The van der Waals surface area contributed by atoms with Crippen LogP contribution in [0.2, 0.25) is 0 Å². The summed E-state index contributed by atoms with van der Waals surface area (Å²) < 4.78 is 32.2. The average Bonchev–Trinajstić information content (AvgIpc) is 2.71. The molecule has 2 aromatic carbocycles. The zero-order valence-electron chi connectivity index (χ0n) is 18.4. The van der Waals surface area contributed by atoms with Crippen LogP contribution in [0.25, 0.3) is 11.1 Å². The lowest BCUT2D eigenvalue weighted by Gasteiger charge is -2.14. The zero-order chi connectivity index (χ0) is 23.5. The Hall–Kier alpha value is -3.59. The van der Waals surface area contributed by atoms with Gasteiger partial charge in [0.15, 0.2) is 5.82 Å². The highest BCUT2D eigenvalue weighted by atomic mass is 32.2. The van der Waals surface area contributed by atoms with E-state index in [9.17, 15) is 13.2 Å². The third-order valence-electron chi connectivity index (χ3n) is 4.77. The number of nitrogens with one attached hydrogen (secondary N) is 2. The molecule has 0 spiro atoms. The van der Waals surface area contributed by atoms with Gasteiger partial charge in [0.2, 0.25) is 0 Å². The second-order valence-electron chi connectivity index (χ2n) is 7.37. The second kappa shape index (κ2) is 9.27. The van der Waals surface area contributed by atoms with Crippen molar-refractivity contribution in [2.45, 2.75) is 32.6 Å². The Labute approximate surface area is 187 Å². The molecule has 0 saturated carbocycles. The van der Waals surface area contributed by atoms with E-state index in [2.05, 4.69) is 10.3 Å². The number of ether oxygens (including phenoxy) is 1. The standard InChI is InChI=1S/C23H26N4O4S/c1-5-31-23(28)27-32(29,30)20-11-6-14(2)12-19(20)17-7-9-18(10-8-17)26-22-21(24)15(3)13-16(4)25-22/h6-13H,5,24H2,1-4H3,(H,25,26)(H,27,28). The third-order valence-corrected chi connectivity index (χ3v) is 6.14. The molecule has 0 aliphatic carbocycles. The maximum Gasteiger partial charge on any atom is 0.421 e. The Kier molecular flexibility index (Phi) is 6.69. The molecule has 1 heterocycles. The number of anilines is 3. The highest BCUT2D eigenvalue weighted by molar-refractivity contribution is 7.90. The molecular weight excluding hydrogens is 428 g/mol. The molecule has 9 heteroatoms. The highest BCUT2D eigenvalue weighted by Gasteiger charge is 2.22. The van der Waals surface area contributed by atoms with Gasteiger partial charge < -0.3 is 15.8 Å². The predicted molar refractivity (Wildman–Crippen MR) is 125 cm³/mol. The van der Waals surface area contributed by atoms with E-state index < -0.39 is 16.1 Å². The minimum atomic E-state index is -4.12. The van der Waals surface area contributed by atoms with E-state index >= 15 is 0 Å². The summed E-state index contributed by atoms with van der Waals surface area (Å²) in [6, 6.07) is 14.0. The second-order valence-corrected chi connectivity index (χ2v) is 9.02. The number of nitrogen functional groups attached to an aromatic ring is 1. The number of amides is 1. The number of sulfonamides is 1. The van der Waals surface area contributed by atoms with Crippen LogP contribution in [0, 0.1) is 20.8 Å². The van der Waals surface area contributed by atoms with Crippen LogP contribution in [0.4, 0.5) is 22.0 Å². The van der Waals surface area contributed by atoms with Gasteiger partial charge in [0, 0.05) is 16.9 Å². The number of pyridine rings is 1. The number of rotatable bonds is 6. The van der Waals surface area contributed by atoms with Crippen molar-refractivity contribution in [1.82, 2.24) is 9.71 Å². The molecule has 8 nitrogen and oxygen atoms in total. The van der Waals surface area contributed by atoms with Gasteiger partial charge in [-0.3, -0.25) is 0 Å². The summed E-state index contributed by atoms with van der Waals surface area (Å²) in [7, 11) is -4.12. The van der Waals surface area contributed by atoms with Crippen LogP contribution in [0.1, 0.15) is 23.7 Å².